The number of nitrogens with two attached hydrogens (primary N) is 1. The van der Waals surface area contributed by atoms with E-state index in [2.05, 4.69) is 5.32 Å². The van der Waals surface area contributed by atoms with Crippen molar-refractivity contribution in [3.63, 3.8) is 0 Å². The molecule has 4 rings (SSSR count). The summed E-state index contributed by atoms with van der Waals surface area (Å²) in [4.78, 5) is 11.7. The number of halogens is 2. The van der Waals surface area contributed by atoms with Crippen LogP contribution in [0.3, 0.4) is 0 Å². The molecule has 0 radical (unpaired) electrons. The van der Waals surface area contributed by atoms with Gasteiger partial charge in [-0.3, -0.25) is 4.79 Å². The lowest BCUT2D eigenvalue weighted by Gasteiger charge is -2.15. The highest BCUT2D eigenvalue weighted by Crippen LogP contribution is 2.80. The monoisotopic (exact) mass is 222 g/mol. The van der Waals surface area contributed by atoms with Crippen molar-refractivity contribution in [1.29, 1.82) is 0 Å². The number of nitrogens with one attached hydrogen (secondary N) is 1. The van der Waals surface area contributed by atoms with Gasteiger partial charge < -0.3 is 11.1 Å². The highest BCUT2D eigenvalue weighted by molar-refractivity contribution is 6.06. The number of benzene rings is 1. The minimum Gasteiger partial charge on any atom is -0.322 e. The molecular weight excluding hydrogens is 214 g/mol. The van der Waals surface area contributed by atoms with Crippen LogP contribution in [0.5, 0.6) is 0 Å². The van der Waals surface area contributed by atoms with Crippen LogP contribution in [0.25, 0.3) is 0 Å². The fourth-order valence-corrected chi connectivity index (χ4v) is 3.15. The van der Waals surface area contributed by atoms with Crippen LogP contribution in [0.4, 0.5) is 14.5 Å². The van der Waals surface area contributed by atoms with E-state index in [4.69, 9.17) is 5.73 Å². The fourth-order valence-electron chi connectivity index (χ4n) is 3.15. The predicted octanol–water partition coefficient (Wildman–Crippen LogP) is 0.958. The number of fused-ring (bicyclic) bond motifs is 4. The Kier molecular flexibility index (Phi) is 1.15. The molecule has 1 aromatic carbocycles. The Labute approximate surface area is 89.6 Å². The smallest absolute Gasteiger partial charge is 0.245 e. The summed E-state index contributed by atoms with van der Waals surface area (Å²) >= 11 is 0. The Morgan fingerprint density at radius 2 is 2.00 bits per heavy atom. The van der Waals surface area contributed by atoms with Crippen LogP contribution in [0.1, 0.15) is 11.5 Å². The molecule has 0 spiro atoms. The molecule has 1 unspecified atom stereocenters. The Balaban J connectivity index is 1.93. The van der Waals surface area contributed by atoms with Crippen LogP contribution in [0, 0.1) is 23.5 Å². The van der Waals surface area contributed by atoms with Crippen molar-refractivity contribution in [3.8, 4) is 0 Å². The van der Waals surface area contributed by atoms with Crippen molar-refractivity contribution in [1.82, 2.24) is 0 Å². The van der Waals surface area contributed by atoms with Crippen LogP contribution < -0.4 is 11.1 Å². The summed E-state index contributed by atoms with van der Waals surface area (Å²) < 4.78 is 26.6. The van der Waals surface area contributed by atoms with Crippen LogP contribution in [0.15, 0.2) is 12.1 Å². The molecule has 3 N–H and O–H groups in total. The lowest BCUT2D eigenvalue weighted by atomic mass is 9.93. The third-order valence-electron chi connectivity index (χ3n) is 4.09. The standard InChI is InChI=1S/C11H8F2N2O/c12-3-1-4-6-7-8(6)11(7,14)10(16)15-9(4)5(13)2-3/h1-2,6-8H,14H2,(H,15,16)/t6-,7+,8?,11+/m0/s1. The molecule has 3 aliphatic rings. The molecule has 2 fully saturated rings. The first-order valence-corrected chi connectivity index (χ1v) is 5.14. The summed E-state index contributed by atoms with van der Waals surface area (Å²) in [7, 11) is 0. The van der Waals surface area contributed by atoms with Gasteiger partial charge in [0.25, 0.3) is 0 Å². The van der Waals surface area contributed by atoms with Gasteiger partial charge in [0, 0.05) is 6.07 Å². The summed E-state index contributed by atoms with van der Waals surface area (Å²) in [6, 6.07) is 2.07. The number of amides is 1. The second-order valence-electron chi connectivity index (χ2n) is 4.82. The number of hydrogen-bond acceptors (Lipinski definition) is 2. The third-order valence-corrected chi connectivity index (χ3v) is 4.09. The van der Waals surface area contributed by atoms with E-state index in [1.54, 1.807) is 0 Å². The van der Waals surface area contributed by atoms with Gasteiger partial charge in [0.05, 0.1) is 5.69 Å². The molecule has 16 heavy (non-hydrogen) atoms. The minimum absolute atomic E-state index is 0.0594. The van der Waals surface area contributed by atoms with Gasteiger partial charge in [0.2, 0.25) is 5.91 Å². The Bertz CT molecular complexity index is 547. The summed E-state index contributed by atoms with van der Waals surface area (Å²) in [6.45, 7) is 0. The van der Waals surface area contributed by atoms with Crippen molar-refractivity contribution < 1.29 is 13.6 Å². The van der Waals surface area contributed by atoms with Crippen molar-refractivity contribution in [2.75, 3.05) is 5.32 Å². The normalized spacial score (nSPS) is 41.7. The molecule has 82 valence electrons. The molecule has 3 nitrogen and oxygen atoms in total. The minimum atomic E-state index is -0.827. The van der Waals surface area contributed by atoms with E-state index in [1.807, 2.05) is 0 Å². The van der Waals surface area contributed by atoms with Crippen molar-refractivity contribution in [2.45, 2.75) is 11.5 Å². The quantitative estimate of drug-likeness (QED) is 0.686. The van der Waals surface area contributed by atoms with Crippen LogP contribution in [-0.4, -0.2) is 11.4 Å². The predicted molar refractivity (Wildman–Crippen MR) is 51.6 cm³/mol. The van der Waals surface area contributed by atoms with E-state index in [0.717, 1.165) is 6.07 Å². The average Bonchev–Trinajstić information content (AvgIpc) is 3.06. The number of hydrogen-bond donors (Lipinski definition) is 2. The zero-order valence-corrected chi connectivity index (χ0v) is 8.13. The number of carbonyl (C=O) groups excluding carboxylic acids is 1. The first-order chi connectivity index (χ1) is 7.55. The SMILES string of the molecule is N[C@@]12C(=O)Nc3c(F)cc(F)cc3[C@@H]3C1[C@@H]32. The largest absolute Gasteiger partial charge is 0.322 e. The molecule has 0 aromatic heterocycles. The van der Waals surface area contributed by atoms with Crippen molar-refractivity contribution in [2.24, 2.45) is 17.6 Å². The number of anilines is 1. The first kappa shape index (κ1) is 8.64. The average molecular weight is 222 g/mol. The summed E-state index contributed by atoms with van der Waals surface area (Å²) in [5.41, 5.74) is 5.70. The zero-order valence-electron chi connectivity index (χ0n) is 8.13. The molecule has 1 amide bonds. The van der Waals surface area contributed by atoms with Gasteiger partial charge in [0.1, 0.15) is 17.2 Å². The Hall–Kier alpha value is -1.49. The van der Waals surface area contributed by atoms with E-state index in [1.165, 1.54) is 6.07 Å². The second kappa shape index (κ2) is 2.13. The number of rotatable bonds is 0. The van der Waals surface area contributed by atoms with Gasteiger partial charge in [-0.25, -0.2) is 8.78 Å². The van der Waals surface area contributed by atoms with Gasteiger partial charge in [-0.1, -0.05) is 0 Å². The molecule has 5 heteroatoms. The number of carbonyl (C=O) groups is 1. The third kappa shape index (κ3) is 0.704. The topological polar surface area (TPSA) is 55.1 Å². The Morgan fingerprint density at radius 3 is 2.69 bits per heavy atom. The van der Waals surface area contributed by atoms with Gasteiger partial charge in [-0.15, -0.1) is 0 Å². The van der Waals surface area contributed by atoms with Gasteiger partial charge in [-0.2, -0.15) is 0 Å². The summed E-state index contributed by atoms with van der Waals surface area (Å²) in [5.74, 6) is -1.46. The maximum Gasteiger partial charge on any atom is 0.245 e. The van der Waals surface area contributed by atoms with E-state index in [-0.39, 0.29) is 29.3 Å². The van der Waals surface area contributed by atoms with E-state index < -0.39 is 17.2 Å². The molecule has 1 heterocycles. The van der Waals surface area contributed by atoms with E-state index in [9.17, 15) is 13.6 Å². The lowest BCUT2D eigenvalue weighted by Crippen LogP contribution is -2.44. The lowest BCUT2D eigenvalue weighted by molar-refractivity contribution is -0.119. The summed E-state index contributed by atoms with van der Waals surface area (Å²) in [5, 5.41) is 2.47. The fraction of sp³-hybridized carbons (Fsp3) is 0.364. The van der Waals surface area contributed by atoms with Crippen LogP contribution >= 0.6 is 0 Å². The highest BCUT2D eigenvalue weighted by Gasteiger charge is 2.87. The molecule has 4 atom stereocenters. The molecule has 2 aliphatic carbocycles. The molecule has 2 saturated carbocycles. The van der Waals surface area contributed by atoms with Crippen molar-refractivity contribution >= 4 is 11.6 Å². The molecule has 0 saturated heterocycles. The molecule has 1 aromatic rings. The molecule has 0 bridgehead atoms. The molecule has 1 aliphatic heterocycles. The van der Waals surface area contributed by atoms with Crippen LogP contribution in [0.2, 0.25) is 0 Å². The zero-order chi connectivity index (χ0) is 11.2. The van der Waals surface area contributed by atoms with Crippen molar-refractivity contribution in [3.05, 3.63) is 29.3 Å². The summed E-state index contributed by atoms with van der Waals surface area (Å²) in [6.07, 6.45) is 0. The highest BCUT2D eigenvalue weighted by atomic mass is 19.1. The van der Waals surface area contributed by atoms with Gasteiger partial charge >= 0.3 is 0 Å². The van der Waals surface area contributed by atoms with Gasteiger partial charge in [0.15, 0.2) is 0 Å². The second-order valence-corrected chi connectivity index (χ2v) is 4.82. The van der Waals surface area contributed by atoms with Crippen LogP contribution in [-0.2, 0) is 4.79 Å². The van der Waals surface area contributed by atoms with E-state index >= 15 is 0 Å². The Morgan fingerprint density at radius 1 is 1.31 bits per heavy atom. The maximum absolute atomic E-state index is 13.5. The first-order valence-electron chi connectivity index (χ1n) is 5.14. The molecular formula is C11H8F2N2O. The maximum atomic E-state index is 13.5. The van der Waals surface area contributed by atoms with E-state index in [0.29, 0.717) is 5.56 Å². The van der Waals surface area contributed by atoms with Gasteiger partial charge in [-0.05, 0) is 29.4 Å².